The molecule has 0 radical (unpaired) electrons. The highest BCUT2D eigenvalue weighted by Gasteiger charge is 2.69. The minimum absolute atomic E-state index is 0.0190. The van der Waals surface area contributed by atoms with Crippen LogP contribution in [0.4, 0.5) is 0 Å². The van der Waals surface area contributed by atoms with E-state index in [1.165, 1.54) is 5.56 Å². The van der Waals surface area contributed by atoms with Gasteiger partial charge in [-0.05, 0) is 23.8 Å². The lowest BCUT2D eigenvalue weighted by atomic mass is 9.62. The van der Waals surface area contributed by atoms with Crippen molar-refractivity contribution in [3.05, 3.63) is 35.9 Å². The third kappa shape index (κ3) is 1.36. The number of Topliss-reactive ketones (excluding diaryl/α,β-unsaturated/α-hetero) is 1. The van der Waals surface area contributed by atoms with Gasteiger partial charge in [0.25, 0.3) is 0 Å². The minimum atomic E-state index is -1.17. The molecule has 2 fully saturated rings. The number of rotatable bonds is 1. The van der Waals surface area contributed by atoms with Gasteiger partial charge in [-0.15, -0.1) is 0 Å². The largest absolute Gasteiger partial charge is 0.296 e. The predicted molar refractivity (Wildman–Crippen MR) is 69.5 cm³/mol. The van der Waals surface area contributed by atoms with E-state index in [2.05, 4.69) is 19.1 Å². The maximum absolute atomic E-state index is 11.8. The highest BCUT2D eigenvalue weighted by atomic mass is 35.5. The predicted octanol–water partition coefficient (Wildman–Crippen LogP) is 3.73. The lowest BCUT2D eigenvalue weighted by Gasteiger charge is -2.48. The van der Waals surface area contributed by atoms with Crippen molar-refractivity contribution in [2.24, 2.45) is 11.8 Å². The fourth-order valence-electron chi connectivity index (χ4n) is 3.60. The zero-order valence-corrected chi connectivity index (χ0v) is 11.1. The van der Waals surface area contributed by atoms with Crippen molar-refractivity contribution < 1.29 is 4.79 Å². The Balaban J connectivity index is 2.03. The molecule has 17 heavy (non-hydrogen) atoms. The van der Waals surface area contributed by atoms with Crippen LogP contribution in [0.2, 0.25) is 0 Å². The Bertz CT molecular complexity index is 468. The molecule has 0 aliphatic heterocycles. The van der Waals surface area contributed by atoms with Gasteiger partial charge in [-0.2, -0.15) is 0 Å². The summed E-state index contributed by atoms with van der Waals surface area (Å²) in [5.74, 6) is 0.147. The molecule has 2 aliphatic rings. The Labute approximate surface area is 111 Å². The second-order valence-electron chi connectivity index (χ2n) is 5.39. The highest BCUT2D eigenvalue weighted by Crippen LogP contribution is 2.64. The van der Waals surface area contributed by atoms with Crippen LogP contribution in [0.3, 0.4) is 0 Å². The van der Waals surface area contributed by atoms with Gasteiger partial charge in [0.15, 0.2) is 10.1 Å². The summed E-state index contributed by atoms with van der Waals surface area (Å²) in [4.78, 5) is 11.8. The van der Waals surface area contributed by atoms with E-state index in [4.69, 9.17) is 23.2 Å². The van der Waals surface area contributed by atoms with Crippen LogP contribution in [0.5, 0.6) is 0 Å². The Morgan fingerprint density at radius 1 is 1.24 bits per heavy atom. The number of hydrogen-bond acceptors (Lipinski definition) is 1. The number of alkyl halides is 2. The molecule has 0 aromatic heterocycles. The first-order chi connectivity index (χ1) is 7.98. The monoisotopic (exact) mass is 268 g/mol. The van der Waals surface area contributed by atoms with Gasteiger partial charge in [0.05, 0.1) is 0 Å². The summed E-state index contributed by atoms with van der Waals surface area (Å²) in [6, 6.07) is 10.3. The van der Waals surface area contributed by atoms with E-state index in [1.54, 1.807) is 0 Å². The zero-order chi connectivity index (χ0) is 12.3. The number of carbonyl (C=O) groups is 1. The molecule has 0 saturated heterocycles. The number of hydrogen-bond donors (Lipinski definition) is 0. The maximum Gasteiger partial charge on any atom is 0.180 e. The van der Waals surface area contributed by atoms with Gasteiger partial charge in [-0.1, -0.05) is 60.5 Å². The molecule has 0 heterocycles. The third-order valence-electron chi connectivity index (χ3n) is 4.55. The lowest BCUT2D eigenvalue weighted by molar-refractivity contribution is -0.135. The number of fused-ring (bicyclic) bond motifs is 1. The molecule has 0 spiro atoms. The lowest BCUT2D eigenvalue weighted by Crippen LogP contribution is -2.59. The topological polar surface area (TPSA) is 17.1 Å². The number of carbonyl (C=O) groups excluding carboxylic acids is 1. The van der Waals surface area contributed by atoms with Gasteiger partial charge >= 0.3 is 0 Å². The minimum Gasteiger partial charge on any atom is -0.296 e. The molecule has 0 N–H and O–H groups in total. The van der Waals surface area contributed by atoms with E-state index < -0.39 is 4.33 Å². The third-order valence-corrected chi connectivity index (χ3v) is 5.40. The summed E-state index contributed by atoms with van der Waals surface area (Å²) in [7, 11) is 0. The van der Waals surface area contributed by atoms with Crippen LogP contribution in [-0.2, 0) is 10.2 Å². The summed E-state index contributed by atoms with van der Waals surface area (Å²) in [6.45, 7) is 2.18. The average Bonchev–Trinajstić information content (AvgIpc) is 2.68. The molecular formula is C14H14Cl2O. The van der Waals surface area contributed by atoms with Crippen LogP contribution < -0.4 is 0 Å². The molecule has 3 atom stereocenters. The van der Waals surface area contributed by atoms with Crippen LogP contribution in [0.1, 0.15) is 25.3 Å². The summed E-state index contributed by atoms with van der Waals surface area (Å²) in [6.07, 6.45) is 1.90. The normalized spacial score (nSPS) is 38.6. The molecule has 0 bridgehead atoms. The van der Waals surface area contributed by atoms with E-state index in [1.807, 2.05) is 18.2 Å². The standard InChI is InChI=1S/C14H14Cl2O/c1-13(9-5-3-2-4-6-9)8-7-10-11(13)14(15,16)12(10)17/h2-6,10-11H,7-8H2,1H3/t10-,11-,13-/m1/s1. The fraction of sp³-hybridized carbons (Fsp3) is 0.500. The molecule has 90 valence electrons. The van der Waals surface area contributed by atoms with Crippen molar-refractivity contribution in [3.8, 4) is 0 Å². The number of benzene rings is 1. The Kier molecular flexibility index (Phi) is 2.37. The van der Waals surface area contributed by atoms with E-state index in [-0.39, 0.29) is 23.0 Å². The molecule has 3 heteroatoms. The molecule has 1 aromatic carbocycles. The van der Waals surface area contributed by atoms with Gasteiger partial charge in [0.1, 0.15) is 0 Å². The molecule has 2 aliphatic carbocycles. The molecule has 3 rings (SSSR count). The molecule has 0 amide bonds. The van der Waals surface area contributed by atoms with Gasteiger partial charge in [-0.3, -0.25) is 4.79 Å². The van der Waals surface area contributed by atoms with Crippen molar-refractivity contribution >= 4 is 29.0 Å². The van der Waals surface area contributed by atoms with Crippen molar-refractivity contribution in [2.75, 3.05) is 0 Å². The zero-order valence-electron chi connectivity index (χ0n) is 9.62. The van der Waals surface area contributed by atoms with Crippen molar-refractivity contribution in [3.63, 3.8) is 0 Å². The van der Waals surface area contributed by atoms with Crippen molar-refractivity contribution in [1.29, 1.82) is 0 Å². The van der Waals surface area contributed by atoms with Crippen molar-refractivity contribution in [2.45, 2.75) is 29.5 Å². The van der Waals surface area contributed by atoms with E-state index >= 15 is 0 Å². The molecule has 0 unspecified atom stereocenters. The number of halogens is 2. The van der Waals surface area contributed by atoms with Crippen LogP contribution >= 0.6 is 23.2 Å². The van der Waals surface area contributed by atoms with E-state index in [0.717, 1.165) is 12.8 Å². The van der Waals surface area contributed by atoms with Crippen LogP contribution in [0, 0.1) is 11.8 Å². The first kappa shape index (κ1) is 11.6. The second-order valence-corrected chi connectivity index (χ2v) is 6.78. The summed E-state index contributed by atoms with van der Waals surface area (Å²) in [5.41, 5.74) is 1.18. The van der Waals surface area contributed by atoms with Crippen molar-refractivity contribution in [1.82, 2.24) is 0 Å². The second kappa shape index (κ2) is 3.49. The summed E-state index contributed by atoms with van der Waals surface area (Å²) < 4.78 is -1.17. The van der Waals surface area contributed by atoms with E-state index in [0.29, 0.717) is 0 Å². The van der Waals surface area contributed by atoms with Crippen LogP contribution in [0.15, 0.2) is 30.3 Å². The average molecular weight is 269 g/mol. The summed E-state index contributed by atoms with van der Waals surface area (Å²) in [5, 5.41) is 0. The van der Waals surface area contributed by atoms with Gasteiger partial charge in [-0.25, -0.2) is 0 Å². The number of ketones is 1. The Morgan fingerprint density at radius 2 is 1.88 bits per heavy atom. The molecule has 2 saturated carbocycles. The van der Waals surface area contributed by atoms with Crippen LogP contribution in [-0.4, -0.2) is 10.1 Å². The SMILES string of the molecule is C[C@]1(c2ccccc2)CC[C@H]2C(=O)C(Cl)(Cl)[C@H]21. The van der Waals surface area contributed by atoms with Crippen LogP contribution in [0.25, 0.3) is 0 Å². The quantitative estimate of drug-likeness (QED) is 0.710. The van der Waals surface area contributed by atoms with E-state index in [9.17, 15) is 4.79 Å². The molecular weight excluding hydrogens is 255 g/mol. The van der Waals surface area contributed by atoms with Gasteiger partial charge in [0, 0.05) is 11.8 Å². The smallest absolute Gasteiger partial charge is 0.180 e. The highest BCUT2D eigenvalue weighted by molar-refractivity contribution is 6.61. The Hall–Kier alpha value is -0.530. The first-order valence-corrected chi connectivity index (χ1v) is 6.71. The molecule has 1 aromatic rings. The van der Waals surface area contributed by atoms with Gasteiger partial charge < -0.3 is 0 Å². The summed E-state index contributed by atoms with van der Waals surface area (Å²) >= 11 is 12.4. The fourth-order valence-corrected chi connectivity index (χ4v) is 4.67. The Morgan fingerprint density at radius 3 is 2.53 bits per heavy atom. The molecule has 1 nitrogen and oxygen atoms in total. The van der Waals surface area contributed by atoms with Gasteiger partial charge in [0.2, 0.25) is 0 Å². The first-order valence-electron chi connectivity index (χ1n) is 5.95. The maximum atomic E-state index is 11.8.